The van der Waals surface area contributed by atoms with Crippen LogP contribution >= 0.6 is 0 Å². The molecule has 1 fully saturated rings. The van der Waals surface area contributed by atoms with Crippen molar-refractivity contribution in [2.24, 2.45) is 0 Å². The number of piperazine rings is 1. The molecule has 1 N–H and O–H groups in total. The Hall–Kier alpha value is -2.44. The molecule has 6 heteroatoms. The molecule has 1 aliphatic heterocycles. The lowest BCUT2D eigenvalue weighted by Gasteiger charge is -2.32. The molecule has 0 aliphatic carbocycles. The van der Waals surface area contributed by atoms with Crippen LogP contribution in [0.5, 0.6) is 5.75 Å². The maximum absolute atomic E-state index is 10.8. The first kappa shape index (κ1) is 17.4. The largest absolute Gasteiger partial charge is 0.482 e. The van der Waals surface area contributed by atoms with Crippen LogP contribution in [0.1, 0.15) is 5.56 Å². The molecule has 2 heterocycles. The first-order valence-electron chi connectivity index (χ1n) is 8.41. The van der Waals surface area contributed by atoms with E-state index in [0.717, 1.165) is 49.5 Å². The molecule has 1 aromatic carbocycles. The van der Waals surface area contributed by atoms with Crippen molar-refractivity contribution >= 4 is 5.97 Å². The summed E-state index contributed by atoms with van der Waals surface area (Å²) in [5, 5.41) is 8.90. The highest BCUT2D eigenvalue weighted by Crippen LogP contribution is 2.27. The van der Waals surface area contributed by atoms with Crippen LogP contribution in [0, 0.1) is 0 Å². The number of likely N-dealkylation sites (N-methyl/N-ethyl adjacent to an activating group) is 1. The minimum atomic E-state index is -0.973. The first-order chi connectivity index (χ1) is 12.1. The van der Waals surface area contributed by atoms with Crippen molar-refractivity contribution in [1.82, 2.24) is 14.8 Å². The number of ether oxygens (including phenoxy) is 1. The topological polar surface area (TPSA) is 65.9 Å². The molecule has 1 saturated heterocycles. The van der Waals surface area contributed by atoms with Gasteiger partial charge in [0.2, 0.25) is 0 Å². The van der Waals surface area contributed by atoms with E-state index in [2.05, 4.69) is 27.9 Å². The summed E-state index contributed by atoms with van der Waals surface area (Å²) in [6.45, 7) is 4.45. The van der Waals surface area contributed by atoms with Gasteiger partial charge in [-0.1, -0.05) is 6.07 Å². The highest BCUT2D eigenvalue weighted by Gasteiger charge is 2.17. The fourth-order valence-electron chi connectivity index (χ4n) is 2.92. The van der Waals surface area contributed by atoms with Crippen molar-refractivity contribution in [2.75, 3.05) is 39.8 Å². The molecule has 0 saturated carbocycles. The predicted octanol–water partition coefficient (Wildman–Crippen LogP) is 1.96. The van der Waals surface area contributed by atoms with Gasteiger partial charge in [0.15, 0.2) is 6.61 Å². The zero-order chi connectivity index (χ0) is 17.6. The number of benzene rings is 1. The van der Waals surface area contributed by atoms with Gasteiger partial charge in [0.25, 0.3) is 0 Å². The lowest BCUT2D eigenvalue weighted by Crippen LogP contribution is -2.43. The van der Waals surface area contributed by atoms with Crippen LogP contribution in [-0.2, 0) is 11.3 Å². The molecule has 1 aliphatic rings. The van der Waals surface area contributed by atoms with Crippen molar-refractivity contribution in [2.45, 2.75) is 6.54 Å². The Morgan fingerprint density at radius 2 is 2.00 bits per heavy atom. The molecule has 1 aromatic heterocycles. The van der Waals surface area contributed by atoms with E-state index in [4.69, 9.17) is 9.84 Å². The zero-order valence-corrected chi connectivity index (χ0v) is 14.4. The van der Waals surface area contributed by atoms with E-state index in [1.165, 1.54) is 0 Å². The third-order valence-corrected chi connectivity index (χ3v) is 4.36. The Bertz CT molecular complexity index is 713. The van der Waals surface area contributed by atoms with Crippen molar-refractivity contribution in [1.29, 1.82) is 0 Å². The van der Waals surface area contributed by atoms with Gasteiger partial charge in [0.1, 0.15) is 5.75 Å². The van der Waals surface area contributed by atoms with E-state index >= 15 is 0 Å². The maximum atomic E-state index is 10.8. The Balaban J connectivity index is 1.83. The van der Waals surface area contributed by atoms with Crippen LogP contribution < -0.4 is 4.74 Å². The van der Waals surface area contributed by atoms with Gasteiger partial charge < -0.3 is 14.7 Å². The number of carboxylic acid groups (broad SMARTS) is 1. The first-order valence-corrected chi connectivity index (χ1v) is 8.41. The number of nitrogens with zero attached hydrogens (tertiary/aromatic N) is 3. The molecule has 0 atom stereocenters. The number of aromatic nitrogens is 1. The molecule has 0 unspecified atom stereocenters. The van der Waals surface area contributed by atoms with E-state index in [1.807, 2.05) is 30.3 Å². The standard InChI is InChI=1S/C19H23N3O3/c1-21-8-10-22(11-9-21)13-16-12-15(17-4-2-3-7-20-17)5-6-18(16)25-14-19(23)24/h2-7,12H,8-11,13-14H2,1H3,(H,23,24). The molecular weight excluding hydrogens is 318 g/mol. The number of hydrogen-bond donors (Lipinski definition) is 1. The van der Waals surface area contributed by atoms with Crippen LogP contribution in [-0.4, -0.2) is 65.7 Å². The van der Waals surface area contributed by atoms with E-state index < -0.39 is 5.97 Å². The van der Waals surface area contributed by atoms with Gasteiger partial charge in [-0.2, -0.15) is 0 Å². The Morgan fingerprint density at radius 1 is 1.20 bits per heavy atom. The van der Waals surface area contributed by atoms with E-state index in [-0.39, 0.29) is 6.61 Å². The second-order valence-electron chi connectivity index (χ2n) is 6.30. The second kappa shape index (κ2) is 8.09. The van der Waals surface area contributed by atoms with Crippen LogP contribution in [0.4, 0.5) is 0 Å². The molecular formula is C19H23N3O3. The highest BCUT2D eigenvalue weighted by atomic mass is 16.5. The van der Waals surface area contributed by atoms with Crippen LogP contribution in [0.3, 0.4) is 0 Å². The minimum Gasteiger partial charge on any atom is -0.482 e. The third kappa shape index (κ3) is 4.78. The third-order valence-electron chi connectivity index (χ3n) is 4.36. The molecule has 0 radical (unpaired) electrons. The number of carbonyl (C=O) groups is 1. The Labute approximate surface area is 147 Å². The number of aliphatic carboxylic acids is 1. The normalized spacial score (nSPS) is 15.9. The minimum absolute atomic E-state index is 0.335. The summed E-state index contributed by atoms with van der Waals surface area (Å²) in [5.41, 5.74) is 2.90. The highest BCUT2D eigenvalue weighted by molar-refractivity contribution is 5.69. The lowest BCUT2D eigenvalue weighted by atomic mass is 10.1. The molecule has 6 nitrogen and oxygen atoms in total. The summed E-state index contributed by atoms with van der Waals surface area (Å²) in [4.78, 5) is 19.9. The SMILES string of the molecule is CN1CCN(Cc2cc(-c3ccccn3)ccc2OCC(=O)O)CC1. The van der Waals surface area contributed by atoms with Gasteiger partial charge >= 0.3 is 5.97 Å². The van der Waals surface area contributed by atoms with Crippen molar-refractivity contribution in [3.8, 4) is 17.0 Å². The average Bonchev–Trinajstić information content (AvgIpc) is 2.63. The van der Waals surface area contributed by atoms with Crippen LogP contribution in [0.15, 0.2) is 42.6 Å². The monoisotopic (exact) mass is 341 g/mol. The van der Waals surface area contributed by atoms with E-state index in [9.17, 15) is 4.79 Å². The fourth-order valence-corrected chi connectivity index (χ4v) is 2.92. The van der Waals surface area contributed by atoms with Gasteiger partial charge in [0, 0.05) is 50.0 Å². The molecule has 25 heavy (non-hydrogen) atoms. The maximum Gasteiger partial charge on any atom is 0.341 e. The molecule has 0 bridgehead atoms. The van der Waals surface area contributed by atoms with Crippen molar-refractivity contribution < 1.29 is 14.6 Å². The summed E-state index contributed by atoms with van der Waals surface area (Å²) >= 11 is 0. The van der Waals surface area contributed by atoms with Gasteiger partial charge in [-0.05, 0) is 37.4 Å². The molecule has 2 aromatic rings. The summed E-state index contributed by atoms with van der Waals surface area (Å²) < 4.78 is 5.50. The number of carboxylic acids is 1. The molecule has 3 rings (SSSR count). The fraction of sp³-hybridized carbons (Fsp3) is 0.368. The van der Waals surface area contributed by atoms with Crippen molar-refractivity contribution in [3.63, 3.8) is 0 Å². The van der Waals surface area contributed by atoms with Gasteiger partial charge in [-0.25, -0.2) is 4.79 Å². The number of hydrogen-bond acceptors (Lipinski definition) is 5. The summed E-state index contributed by atoms with van der Waals surface area (Å²) in [7, 11) is 2.13. The zero-order valence-electron chi connectivity index (χ0n) is 14.4. The van der Waals surface area contributed by atoms with Crippen molar-refractivity contribution in [3.05, 3.63) is 48.2 Å². The summed E-state index contributed by atoms with van der Waals surface area (Å²) in [6.07, 6.45) is 1.77. The van der Waals surface area contributed by atoms with Crippen LogP contribution in [0.2, 0.25) is 0 Å². The van der Waals surface area contributed by atoms with E-state index in [1.54, 1.807) is 6.20 Å². The lowest BCUT2D eigenvalue weighted by molar-refractivity contribution is -0.139. The van der Waals surface area contributed by atoms with Crippen LogP contribution in [0.25, 0.3) is 11.3 Å². The van der Waals surface area contributed by atoms with Gasteiger partial charge in [-0.3, -0.25) is 9.88 Å². The van der Waals surface area contributed by atoms with Gasteiger partial charge in [0.05, 0.1) is 5.69 Å². The number of rotatable bonds is 6. The molecule has 0 spiro atoms. The number of pyridine rings is 1. The molecule has 132 valence electrons. The summed E-state index contributed by atoms with van der Waals surface area (Å²) in [6, 6.07) is 11.6. The smallest absolute Gasteiger partial charge is 0.341 e. The summed E-state index contributed by atoms with van der Waals surface area (Å²) in [5.74, 6) is -0.347. The molecule has 0 amide bonds. The van der Waals surface area contributed by atoms with Gasteiger partial charge in [-0.15, -0.1) is 0 Å². The Kier molecular flexibility index (Phi) is 5.63. The second-order valence-corrected chi connectivity index (χ2v) is 6.30. The average molecular weight is 341 g/mol. The quantitative estimate of drug-likeness (QED) is 0.866. The Morgan fingerprint density at radius 3 is 2.68 bits per heavy atom. The predicted molar refractivity (Wildman–Crippen MR) is 95.6 cm³/mol. The van der Waals surface area contributed by atoms with E-state index in [0.29, 0.717) is 5.75 Å².